The Kier molecular flexibility index (Phi) is 5.18. The fourth-order valence-electron chi connectivity index (χ4n) is 1.46. The molecule has 0 aliphatic rings. The Morgan fingerprint density at radius 2 is 1.80 bits per heavy atom. The van der Waals surface area contributed by atoms with E-state index >= 15 is 0 Å². The van der Waals surface area contributed by atoms with Crippen molar-refractivity contribution in [3.8, 4) is 0 Å². The first kappa shape index (κ1) is 16.9. The first-order chi connectivity index (χ1) is 9.07. The molecule has 0 saturated carbocycles. The van der Waals surface area contributed by atoms with Crippen molar-refractivity contribution < 1.29 is 18.3 Å². The average Bonchev–Trinajstić information content (AvgIpc) is 2.36. The van der Waals surface area contributed by atoms with Crippen LogP contribution in [0.1, 0.15) is 13.8 Å². The molecule has 0 radical (unpaired) electrons. The maximum atomic E-state index is 12.1. The number of carboxylic acid groups (broad SMARTS) is 1. The molecule has 1 N–H and O–H groups in total. The van der Waals surface area contributed by atoms with Crippen LogP contribution in [0.25, 0.3) is 0 Å². The van der Waals surface area contributed by atoms with Gasteiger partial charge in [-0.2, -0.15) is 0 Å². The van der Waals surface area contributed by atoms with Gasteiger partial charge in [-0.3, -0.25) is 9.69 Å². The zero-order valence-corrected chi connectivity index (χ0v) is 13.2. The Labute approximate surface area is 124 Å². The van der Waals surface area contributed by atoms with Crippen LogP contribution >= 0.6 is 11.6 Å². The van der Waals surface area contributed by atoms with Crippen LogP contribution in [0.3, 0.4) is 0 Å². The minimum absolute atomic E-state index is 0.129. The number of nitrogens with zero attached hydrogens (tertiary/aromatic N) is 1. The Balaban J connectivity index is 2.79. The fraction of sp³-hybridized carbons (Fsp3) is 0.462. The van der Waals surface area contributed by atoms with E-state index in [1.54, 1.807) is 7.05 Å². The van der Waals surface area contributed by atoms with Crippen molar-refractivity contribution >= 4 is 27.4 Å². The Hall–Kier alpha value is -1.11. The SMILES string of the molecule is CN(CCS(=O)(=O)c1ccc(Cl)cc1)C(C)(C)C(=O)O. The molecule has 0 aliphatic carbocycles. The lowest BCUT2D eigenvalue weighted by Crippen LogP contribution is -2.49. The van der Waals surface area contributed by atoms with Crippen LogP contribution in [-0.2, 0) is 14.6 Å². The van der Waals surface area contributed by atoms with E-state index in [1.165, 1.54) is 43.0 Å². The van der Waals surface area contributed by atoms with Gasteiger partial charge in [0.1, 0.15) is 5.54 Å². The first-order valence-electron chi connectivity index (χ1n) is 6.00. The predicted octanol–water partition coefficient (Wildman–Crippen LogP) is 1.91. The quantitative estimate of drug-likeness (QED) is 0.867. The maximum Gasteiger partial charge on any atom is 0.323 e. The van der Waals surface area contributed by atoms with Crippen LogP contribution in [0, 0.1) is 0 Å². The molecular formula is C13H18ClNO4S. The molecule has 0 saturated heterocycles. The highest BCUT2D eigenvalue weighted by Crippen LogP contribution is 2.17. The number of hydrogen-bond acceptors (Lipinski definition) is 4. The molecule has 0 spiro atoms. The maximum absolute atomic E-state index is 12.1. The van der Waals surface area contributed by atoms with Crippen LogP contribution < -0.4 is 0 Å². The molecule has 0 aliphatic heterocycles. The molecule has 0 bridgehead atoms. The van der Waals surface area contributed by atoms with E-state index in [0.717, 1.165) is 0 Å². The van der Waals surface area contributed by atoms with Crippen molar-refractivity contribution in [3.63, 3.8) is 0 Å². The standard InChI is InChI=1S/C13H18ClNO4S/c1-13(2,12(16)17)15(3)8-9-20(18,19)11-6-4-10(14)5-7-11/h4-7H,8-9H2,1-3H3,(H,16,17). The largest absolute Gasteiger partial charge is 0.480 e. The van der Waals surface area contributed by atoms with E-state index in [9.17, 15) is 13.2 Å². The molecular weight excluding hydrogens is 302 g/mol. The summed E-state index contributed by atoms with van der Waals surface area (Å²) in [5.74, 6) is -1.15. The summed E-state index contributed by atoms with van der Waals surface area (Å²) < 4.78 is 24.3. The first-order valence-corrected chi connectivity index (χ1v) is 8.03. The summed E-state index contributed by atoms with van der Waals surface area (Å²) in [7, 11) is -1.86. The summed E-state index contributed by atoms with van der Waals surface area (Å²) in [5.41, 5.74) is -1.12. The third-order valence-corrected chi connectivity index (χ3v) is 5.31. The number of benzene rings is 1. The van der Waals surface area contributed by atoms with Gasteiger partial charge in [0.05, 0.1) is 10.6 Å². The van der Waals surface area contributed by atoms with E-state index < -0.39 is 21.3 Å². The fourth-order valence-corrected chi connectivity index (χ4v) is 2.89. The van der Waals surface area contributed by atoms with E-state index in [-0.39, 0.29) is 17.2 Å². The molecule has 0 heterocycles. The van der Waals surface area contributed by atoms with E-state index in [1.807, 2.05) is 0 Å². The normalized spacial score (nSPS) is 12.7. The van der Waals surface area contributed by atoms with Gasteiger partial charge in [0.2, 0.25) is 0 Å². The molecule has 1 aromatic carbocycles. The molecule has 1 rings (SSSR count). The molecule has 112 valence electrons. The van der Waals surface area contributed by atoms with Gasteiger partial charge in [0.25, 0.3) is 0 Å². The number of likely N-dealkylation sites (N-methyl/N-ethyl adjacent to an activating group) is 1. The summed E-state index contributed by atoms with van der Waals surface area (Å²) in [6, 6.07) is 5.92. The predicted molar refractivity (Wildman–Crippen MR) is 77.8 cm³/mol. The highest BCUT2D eigenvalue weighted by molar-refractivity contribution is 7.91. The molecule has 1 aromatic rings. The monoisotopic (exact) mass is 319 g/mol. The van der Waals surface area contributed by atoms with Crippen molar-refractivity contribution in [2.24, 2.45) is 0 Å². The smallest absolute Gasteiger partial charge is 0.323 e. The van der Waals surface area contributed by atoms with E-state index in [0.29, 0.717) is 5.02 Å². The second kappa shape index (κ2) is 6.11. The molecule has 7 heteroatoms. The Morgan fingerprint density at radius 3 is 2.25 bits per heavy atom. The Morgan fingerprint density at radius 1 is 1.30 bits per heavy atom. The number of hydrogen-bond donors (Lipinski definition) is 1. The van der Waals surface area contributed by atoms with Crippen molar-refractivity contribution in [3.05, 3.63) is 29.3 Å². The van der Waals surface area contributed by atoms with Crippen LogP contribution in [0.15, 0.2) is 29.2 Å². The third-order valence-electron chi connectivity index (χ3n) is 3.35. The van der Waals surface area contributed by atoms with Crippen LogP contribution in [-0.4, -0.2) is 49.3 Å². The van der Waals surface area contributed by atoms with Gasteiger partial charge in [-0.25, -0.2) is 8.42 Å². The van der Waals surface area contributed by atoms with E-state index in [4.69, 9.17) is 16.7 Å². The molecule has 20 heavy (non-hydrogen) atoms. The molecule has 0 unspecified atom stereocenters. The number of aliphatic carboxylic acids is 1. The summed E-state index contributed by atoms with van der Waals surface area (Å²) >= 11 is 5.72. The number of carboxylic acids is 1. The summed E-state index contributed by atoms with van der Waals surface area (Å²) in [6.45, 7) is 3.19. The van der Waals surface area contributed by atoms with Crippen molar-refractivity contribution in [2.75, 3.05) is 19.3 Å². The average molecular weight is 320 g/mol. The van der Waals surface area contributed by atoms with Crippen molar-refractivity contribution in [1.82, 2.24) is 4.90 Å². The van der Waals surface area contributed by atoms with Gasteiger partial charge in [-0.15, -0.1) is 0 Å². The highest BCUT2D eigenvalue weighted by atomic mass is 35.5. The lowest BCUT2D eigenvalue weighted by Gasteiger charge is -2.31. The van der Waals surface area contributed by atoms with Crippen LogP contribution in [0.5, 0.6) is 0 Å². The zero-order valence-electron chi connectivity index (χ0n) is 11.6. The highest BCUT2D eigenvalue weighted by Gasteiger charge is 2.32. The number of rotatable bonds is 6. The topological polar surface area (TPSA) is 74.7 Å². The molecule has 0 aromatic heterocycles. The zero-order chi connectivity index (χ0) is 15.6. The Bertz CT molecular complexity index is 581. The van der Waals surface area contributed by atoms with Gasteiger partial charge < -0.3 is 5.11 Å². The van der Waals surface area contributed by atoms with Gasteiger partial charge >= 0.3 is 5.97 Å². The second-order valence-electron chi connectivity index (χ2n) is 5.06. The second-order valence-corrected chi connectivity index (χ2v) is 7.60. The minimum Gasteiger partial charge on any atom is -0.480 e. The lowest BCUT2D eigenvalue weighted by atomic mass is 10.0. The van der Waals surface area contributed by atoms with Crippen molar-refractivity contribution in [2.45, 2.75) is 24.3 Å². The van der Waals surface area contributed by atoms with Crippen molar-refractivity contribution in [1.29, 1.82) is 0 Å². The summed E-state index contributed by atoms with van der Waals surface area (Å²) in [4.78, 5) is 12.8. The van der Waals surface area contributed by atoms with Crippen LogP contribution in [0.2, 0.25) is 5.02 Å². The summed E-state index contributed by atoms with van der Waals surface area (Å²) in [6.07, 6.45) is 0. The number of sulfone groups is 1. The lowest BCUT2D eigenvalue weighted by molar-refractivity contribution is -0.148. The number of halogens is 1. The number of carbonyl (C=O) groups is 1. The van der Waals surface area contributed by atoms with Gasteiger partial charge in [-0.05, 0) is 45.2 Å². The minimum atomic E-state index is -3.45. The molecule has 0 atom stereocenters. The molecule has 0 amide bonds. The molecule has 5 nitrogen and oxygen atoms in total. The van der Waals surface area contributed by atoms with E-state index in [2.05, 4.69) is 0 Å². The van der Waals surface area contributed by atoms with Crippen LogP contribution in [0.4, 0.5) is 0 Å². The van der Waals surface area contributed by atoms with Gasteiger partial charge in [0, 0.05) is 11.6 Å². The third kappa shape index (κ3) is 3.94. The van der Waals surface area contributed by atoms with Gasteiger partial charge in [0.15, 0.2) is 9.84 Å². The summed E-state index contributed by atoms with van der Waals surface area (Å²) in [5, 5.41) is 9.55. The molecule has 0 fully saturated rings. The van der Waals surface area contributed by atoms with Gasteiger partial charge in [-0.1, -0.05) is 11.6 Å².